The summed E-state index contributed by atoms with van der Waals surface area (Å²) in [6.07, 6.45) is 9.19. The van der Waals surface area contributed by atoms with Crippen molar-refractivity contribution in [2.24, 2.45) is 0 Å². The van der Waals surface area contributed by atoms with Gasteiger partial charge in [-0.25, -0.2) is 4.98 Å². The van der Waals surface area contributed by atoms with Crippen molar-refractivity contribution in [3.8, 4) is 22.8 Å². The van der Waals surface area contributed by atoms with Crippen molar-refractivity contribution in [1.82, 2.24) is 9.88 Å². The molecule has 0 saturated carbocycles. The minimum absolute atomic E-state index is 0.0957. The molecule has 0 saturated heterocycles. The van der Waals surface area contributed by atoms with Gasteiger partial charge in [0.2, 0.25) is 0 Å². The Bertz CT molecular complexity index is 1080. The molecule has 35 heavy (non-hydrogen) atoms. The number of ether oxygens (including phenoxy) is 2. The smallest absolute Gasteiger partial charge is 0.254 e. The molecule has 5 heteroatoms. The van der Waals surface area contributed by atoms with Crippen molar-refractivity contribution < 1.29 is 14.3 Å². The molecular weight excluding hydrogens is 436 g/mol. The zero-order valence-corrected chi connectivity index (χ0v) is 21.8. The van der Waals surface area contributed by atoms with Crippen LogP contribution >= 0.6 is 0 Å². The van der Waals surface area contributed by atoms with E-state index >= 15 is 0 Å². The Morgan fingerprint density at radius 3 is 2.09 bits per heavy atom. The molecule has 0 unspecified atom stereocenters. The first kappa shape index (κ1) is 26.5. The molecule has 0 fully saturated rings. The lowest BCUT2D eigenvalue weighted by molar-refractivity contribution is 0.0751. The highest BCUT2D eigenvalue weighted by molar-refractivity contribution is 6.07. The molecule has 1 heterocycles. The second kappa shape index (κ2) is 13.7. The number of carbonyl (C=O) groups is 1. The van der Waals surface area contributed by atoms with E-state index in [9.17, 15) is 4.79 Å². The zero-order valence-electron chi connectivity index (χ0n) is 21.8. The van der Waals surface area contributed by atoms with Crippen LogP contribution in [0.15, 0.2) is 48.5 Å². The summed E-state index contributed by atoms with van der Waals surface area (Å²) in [4.78, 5) is 20.9. The Kier molecular flexibility index (Phi) is 10.4. The molecule has 5 nitrogen and oxygen atoms in total. The molecule has 1 amide bonds. The summed E-state index contributed by atoms with van der Waals surface area (Å²) in [6, 6.07) is 15.6. The van der Waals surface area contributed by atoms with Crippen molar-refractivity contribution in [1.29, 1.82) is 0 Å². The van der Waals surface area contributed by atoms with Crippen LogP contribution < -0.4 is 9.47 Å². The standard InChI is InChI=1S/C30H40N2O3/c1-5-7-9-13-19-32(20-14-10-8-6-2)30(33)25-22-27(31-26-16-12-11-15-24(25)26)23-17-18-28(34-3)29(21-23)35-4/h11-12,15-18,21-22H,5-10,13-14,19-20H2,1-4H3. The number of fused-ring (bicyclic) bond motifs is 1. The molecule has 188 valence electrons. The van der Waals surface area contributed by atoms with Gasteiger partial charge in [0.25, 0.3) is 5.91 Å². The minimum atomic E-state index is 0.0957. The average molecular weight is 477 g/mol. The van der Waals surface area contributed by atoms with Gasteiger partial charge in [-0.15, -0.1) is 0 Å². The topological polar surface area (TPSA) is 51.7 Å². The number of para-hydroxylation sites is 1. The lowest BCUT2D eigenvalue weighted by atomic mass is 10.0. The molecule has 0 aliphatic heterocycles. The zero-order chi connectivity index (χ0) is 25.0. The molecule has 0 aliphatic carbocycles. The normalized spacial score (nSPS) is 11.0. The minimum Gasteiger partial charge on any atom is -0.493 e. The summed E-state index contributed by atoms with van der Waals surface area (Å²) in [7, 11) is 3.25. The number of nitrogens with zero attached hydrogens (tertiary/aromatic N) is 2. The summed E-state index contributed by atoms with van der Waals surface area (Å²) < 4.78 is 10.9. The summed E-state index contributed by atoms with van der Waals surface area (Å²) in [5, 5.41) is 0.897. The highest BCUT2D eigenvalue weighted by Crippen LogP contribution is 2.33. The van der Waals surface area contributed by atoms with Gasteiger partial charge in [0.05, 0.1) is 31.0 Å². The third-order valence-electron chi connectivity index (χ3n) is 6.48. The van der Waals surface area contributed by atoms with E-state index in [4.69, 9.17) is 14.5 Å². The van der Waals surface area contributed by atoms with Gasteiger partial charge in [-0.05, 0) is 43.2 Å². The summed E-state index contributed by atoms with van der Waals surface area (Å²) in [5.74, 6) is 1.40. The Morgan fingerprint density at radius 1 is 0.800 bits per heavy atom. The molecule has 3 aromatic rings. The molecule has 0 radical (unpaired) electrons. The fourth-order valence-electron chi connectivity index (χ4n) is 4.44. The molecule has 0 atom stereocenters. The summed E-state index contributed by atoms with van der Waals surface area (Å²) >= 11 is 0. The molecule has 0 aliphatic rings. The monoisotopic (exact) mass is 476 g/mol. The maximum Gasteiger partial charge on any atom is 0.254 e. The van der Waals surface area contributed by atoms with E-state index in [0.717, 1.165) is 60.9 Å². The van der Waals surface area contributed by atoms with Gasteiger partial charge in [0.15, 0.2) is 11.5 Å². The Morgan fingerprint density at radius 2 is 1.46 bits per heavy atom. The van der Waals surface area contributed by atoms with Gasteiger partial charge in [-0.2, -0.15) is 0 Å². The number of methoxy groups -OCH3 is 2. The summed E-state index contributed by atoms with van der Waals surface area (Å²) in [6.45, 7) is 6.03. The highest BCUT2D eigenvalue weighted by atomic mass is 16.5. The van der Waals surface area contributed by atoms with Gasteiger partial charge < -0.3 is 14.4 Å². The maximum atomic E-state index is 13.9. The van der Waals surface area contributed by atoms with Crippen LogP contribution in [0.2, 0.25) is 0 Å². The average Bonchev–Trinajstić information content (AvgIpc) is 2.90. The van der Waals surface area contributed by atoms with Gasteiger partial charge in [0.1, 0.15) is 0 Å². The maximum absolute atomic E-state index is 13.9. The fraction of sp³-hybridized carbons (Fsp3) is 0.467. The SMILES string of the molecule is CCCCCCN(CCCCCC)C(=O)c1cc(-c2ccc(OC)c(OC)c2)nc2ccccc12. The third-order valence-corrected chi connectivity index (χ3v) is 6.48. The molecule has 0 N–H and O–H groups in total. The van der Waals surface area contributed by atoms with Crippen LogP contribution in [-0.2, 0) is 0 Å². The predicted molar refractivity (Wildman–Crippen MR) is 144 cm³/mol. The number of carbonyl (C=O) groups excluding carboxylic acids is 1. The summed E-state index contributed by atoms with van der Waals surface area (Å²) in [5.41, 5.74) is 3.18. The van der Waals surface area contributed by atoms with E-state index in [1.165, 1.54) is 25.7 Å². The molecule has 0 bridgehead atoms. The van der Waals surface area contributed by atoms with Gasteiger partial charge in [0, 0.05) is 24.0 Å². The molecule has 3 rings (SSSR count). The van der Waals surface area contributed by atoms with Crippen LogP contribution in [0.25, 0.3) is 22.2 Å². The van der Waals surface area contributed by atoms with Crippen molar-refractivity contribution in [3.05, 3.63) is 54.1 Å². The third kappa shape index (κ3) is 6.97. The van der Waals surface area contributed by atoms with E-state index in [1.807, 2.05) is 48.5 Å². The Hall–Kier alpha value is -3.08. The van der Waals surface area contributed by atoms with Gasteiger partial charge in [-0.3, -0.25) is 4.79 Å². The molecule has 0 spiro atoms. The first-order valence-corrected chi connectivity index (χ1v) is 13.0. The van der Waals surface area contributed by atoms with Crippen LogP contribution in [0, 0.1) is 0 Å². The van der Waals surface area contributed by atoms with Crippen LogP contribution in [0.5, 0.6) is 11.5 Å². The number of rotatable bonds is 14. The first-order chi connectivity index (χ1) is 17.1. The van der Waals surface area contributed by atoms with E-state index in [0.29, 0.717) is 17.1 Å². The second-order valence-electron chi connectivity index (χ2n) is 9.06. The number of unbranched alkanes of at least 4 members (excludes halogenated alkanes) is 6. The van der Waals surface area contributed by atoms with Crippen LogP contribution in [0.4, 0.5) is 0 Å². The van der Waals surface area contributed by atoms with E-state index in [2.05, 4.69) is 18.7 Å². The quantitative estimate of drug-likeness (QED) is 0.226. The lowest BCUT2D eigenvalue weighted by Crippen LogP contribution is -2.33. The Balaban J connectivity index is 1.98. The van der Waals surface area contributed by atoms with Crippen LogP contribution in [0.1, 0.15) is 75.6 Å². The highest BCUT2D eigenvalue weighted by Gasteiger charge is 2.20. The molecular formula is C30H40N2O3. The lowest BCUT2D eigenvalue weighted by Gasteiger charge is -2.24. The van der Waals surface area contributed by atoms with E-state index in [-0.39, 0.29) is 5.91 Å². The number of amides is 1. The molecule has 1 aromatic heterocycles. The van der Waals surface area contributed by atoms with Gasteiger partial charge >= 0.3 is 0 Å². The number of benzene rings is 2. The van der Waals surface area contributed by atoms with Crippen molar-refractivity contribution in [2.75, 3.05) is 27.3 Å². The Labute approximate surface area is 210 Å². The number of hydrogen-bond acceptors (Lipinski definition) is 4. The fourth-order valence-corrected chi connectivity index (χ4v) is 4.44. The predicted octanol–water partition coefficient (Wildman–Crippen LogP) is 7.52. The van der Waals surface area contributed by atoms with Crippen LogP contribution in [0.3, 0.4) is 0 Å². The van der Waals surface area contributed by atoms with Crippen molar-refractivity contribution in [2.45, 2.75) is 65.2 Å². The van der Waals surface area contributed by atoms with Crippen molar-refractivity contribution in [3.63, 3.8) is 0 Å². The van der Waals surface area contributed by atoms with E-state index < -0.39 is 0 Å². The largest absolute Gasteiger partial charge is 0.493 e. The number of pyridine rings is 1. The number of aromatic nitrogens is 1. The number of hydrogen-bond donors (Lipinski definition) is 0. The second-order valence-corrected chi connectivity index (χ2v) is 9.06. The van der Waals surface area contributed by atoms with Crippen molar-refractivity contribution >= 4 is 16.8 Å². The van der Waals surface area contributed by atoms with Gasteiger partial charge in [-0.1, -0.05) is 70.6 Å². The first-order valence-electron chi connectivity index (χ1n) is 13.0. The molecule has 2 aromatic carbocycles. The van der Waals surface area contributed by atoms with Crippen LogP contribution in [-0.4, -0.2) is 43.1 Å². The van der Waals surface area contributed by atoms with E-state index in [1.54, 1.807) is 14.2 Å².